The highest BCUT2D eigenvalue weighted by atomic mass is 16.3. The molecule has 4 nitrogen and oxygen atoms in total. The van der Waals surface area contributed by atoms with Gasteiger partial charge in [-0.2, -0.15) is 0 Å². The van der Waals surface area contributed by atoms with E-state index in [0.29, 0.717) is 6.42 Å². The third kappa shape index (κ3) is 32.3. The minimum absolute atomic E-state index is 0.0649. The van der Waals surface area contributed by atoms with Crippen LogP contribution in [0, 0.1) is 0 Å². The molecule has 0 fully saturated rings. The van der Waals surface area contributed by atoms with Gasteiger partial charge in [0, 0.05) is 6.42 Å². The first kappa shape index (κ1) is 42.1. The van der Waals surface area contributed by atoms with Crippen LogP contribution < -0.4 is 5.32 Å². The highest BCUT2D eigenvalue weighted by Crippen LogP contribution is 2.15. The normalized spacial score (nSPS) is 13.1. The highest BCUT2D eigenvalue weighted by Gasteiger charge is 2.17. The first-order valence-corrected chi connectivity index (χ1v) is 19.4. The number of unbranched alkanes of at least 4 members (excludes halogenated alkanes) is 28. The smallest absolute Gasteiger partial charge is 0.220 e. The van der Waals surface area contributed by atoms with Crippen molar-refractivity contribution in [1.29, 1.82) is 0 Å². The van der Waals surface area contributed by atoms with E-state index in [9.17, 15) is 15.0 Å². The van der Waals surface area contributed by atoms with Gasteiger partial charge in [-0.3, -0.25) is 4.79 Å². The summed E-state index contributed by atoms with van der Waals surface area (Å²) in [6.45, 7) is 4.30. The molecule has 0 aromatic carbocycles. The minimum atomic E-state index is -0.832. The maximum Gasteiger partial charge on any atom is 0.220 e. The van der Waals surface area contributed by atoms with Crippen molar-refractivity contribution in [1.82, 2.24) is 5.32 Å². The van der Waals surface area contributed by atoms with Crippen molar-refractivity contribution < 1.29 is 15.0 Å². The summed E-state index contributed by atoms with van der Waals surface area (Å²) in [5.41, 5.74) is 0. The molecule has 0 aliphatic heterocycles. The molecular weight excluding hydrogens is 530 g/mol. The third-order valence-electron chi connectivity index (χ3n) is 9.02. The fraction of sp³-hybridized carbons (Fsp3) is 0.923. The van der Waals surface area contributed by atoms with Gasteiger partial charge in [-0.05, 0) is 19.3 Å². The quantitative estimate of drug-likeness (QED) is 0.0496. The molecule has 1 amide bonds. The molecule has 3 N–H and O–H groups in total. The average molecular weight is 608 g/mol. The van der Waals surface area contributed by atoms with Crippen LogP contribution in [0.4, 0.5) is 0 Å². The van der Waals surface area contributed by atoms with E-state index in [2.05, 4.69) is 19.2 Å². The molecule has 0 saturated heterocycles. The molecule has 0 aromatic rings. The van der Waals surface area contributed by atoms with E-state index in [0.717, 1.165) is 25.7 Å². The molecule has 0 aliphatic rings. The summed E-state index contributed by atoms with van der Waals surface area (Å²) >= 11 is 0. The second-order valence-electron chi connectivity index (χ2n) is 13.4. The Hall–Kier alpha value is -0.870. The molecule has 0 aliphatic carbocycles. The van der Waals surface area contributed by atoms with E-state index in [1.54, 1.807) is 6.08 Å². The van der Waals surface area contributed by atoms with E-state index < -0.39 is 12.1 Å². The number of carbonyl (C=O) groups is 1. The van der Waals surface area contributed by atoms with Crippen LogP contribution in [0.25, 0.3) is 0 Å². The molecule has 4 heteroatoms. The maximum absolute atomic E-state index is 12.3. The number of nitrogens with one attached hydrogen (secondary N) is 1. The lowest BCUT2D eigenvalue weighted by atomic mass is 10.0. The standard InChI is InChI=1S/C39H77NO3/c1-3-5-7-9-11-13-15-16-17-18-19-20-21-22-23-24-25-26-28-30-32-34-38(42)37(36-41)40-39(43)35-33-31-29-27-14-12-10-8-6-4-2/h32,34,37-38,41-42H,3-31,33,35-36H2,1-2H3,(H,40,43)/b34-32+. The van der Waals surface area contributed by atoms with Gasteiger partial charge in [-0.25, -0.2) is 0 Å². The van der Waals surface area contributed by atoms with Crippen LogP contribution in [-0.2, 0) is 4.79 Å². The van der Waals surface area contributed by atoms with E-state index in [1.165, 1.54) is 167 Å². The van der Waals surface area contributed by atoms with Gasteiger partial charge in [-0.1, -0.05) is 199 Å². The first-order chi connectivity index (χ1) is 21.2. The summed E-state index contributed by atoms with van der Waals surface area (Å²) in [5, 5.41) is 22.9. The zero-order valence-corrected chi connectivity index (χ0v) is 29.2. The predicted molar refractivity (Wildman–Crippen MR) is 189 cm³/mol. The van der Waals surface area contributed by atoms with Crippen molar-refractivity contribution in [2.45, 2.75) is 225 Å². The highest BCUT2D eigenvalue weighted by molar-refractivity contribution is 5.76. The fourth-order valence-corrected chi connectivity index (χ4v) is 6.00. The Morgan fingerprint density at radius 2 is 0.860 bits per heavy atom. The Morgan fingerprint density at radius 1 is 0.535 bits per heavy atom. The Bertz CT molecular complexity index is 579. The molecule has 0 radical (unpaired) electrons. The van der Waals surface area contributed by atoms with Crippen molar-refractivity contribution in [2.75, 3.05) is 6.61 Å². The van der Waals surface area contributed by atoms with E-state index >= 15 is 0 Å². The number of amides is 1. The summed E-state index contributed by atoms with van der Waals surface area (Å²) in [5.74, 6) is -0.0649. The summed E-state index contributed by atoms with van der Waals surface area (Å²) in [6.07, 6.45) is 43.1. The number of rotatable bonds is 35. The molecule has 43 heavy (non-hydrogen) atoms. The van der Waals surface area contributed by atoms with Gasteiger partial charge in [0.15, 0.2) is 0 Å². The van der Waals surface area contributed by atoms with Crippen molar-refractivity contribution in [3.8, 4) is 0 Å². The molecule has 0 rings (SSSR count). The van der Waals surface area contributed by atoms with Crippen LogP contribution in [0.1, 0.15) is 213 Å². The van der Waals surface area contributed by atoms with Gasteiger partial charge in [0.1, 0.15) is 0 Å². The van der Waals surface area contributed by atoms with Gasteiger partial charge in [0.25, 0.3) is 0 Å². The summed E-state index contributed by atoms with van der Waals surface area (Å²) in [7, 11) is 0. The van der Waals surface area contributed by atoms with Crippen LogP contribution in [-0.4, -0.2) is 34.9 Å². The lowest BCUT2D eigenvalue weighted by Crippen LogP contribution is -2.45. The zero-order valence-electron chi connectivity index (χ0n) is 29.2. The van der Waals surface area contributed by atoms with Crippen molar-refractivity contribution in [3.63, 3.8) is 0 Å². The SMILES string of the molecule is CCCCCCCCCCCCCCCCCCCCC/C=C/C(O)C(CO)NC(=O)CCCCCCCCCCCC. The van der Waals surface area contributed by atoms with Crippen molar-refractivity contribution in [3.05, 3.63) is 12.2 Å². The van der Waals surface area contributed by atoms with Gasteiger partial charge in [0.05, 0.1) is 18.8 Å². The Kier molecular flexibility index (Phi) is 34.9. The number of aliphatic hydroxyl groups excluding tert-OH is 2. The second kappa shape index (κ2) is 35.6. The summed E-state index contributed by atoms with van der Waals surface area (Å²) in [6, 6.07) is -0.614. The molecule has 0 saturated carbocycles. The van der Waals surface area contributed by atoms with E-state index in [1.807, 2.05) is 6.08 Å². The first-order valence-electron chi connectivity index (χ1n) is 19.4. The summed E-state index contributed by atoms with van der Waals surface area (Å²) < 4.78 is 0. The Labute approximate surface area is 269 Å². The van der Waals surface area contributed by atoms with Crippen LogP contribution in [0.2, 0.25) is 0 Å². The number of allylic oxidation sites excluding steroid dienone is 1. The summed E-state index contributed by atoms with van der Waals surface area (Å²) in [4.78, 5) is 12.3. The number of hydrogen-bond donors (Lipinski definition) is 3. The molecule has 2 atom stereocenters. The van der Waals surface area contributed by atoms with Crippen LogP contribution in [0.3, 0.4) is 0 Å². The lowest BCUT2D eigenvalue weighted by Gasteiger charge is -2.20. The largest absolute Gasteiger partial charge is 0.394 e. The van der Waals surface area contributed by atoms with Gasteiger partial charge < -0.3 is 15.5 Å². The van der Waals surface area contributed by atoms with Crippen LogP contribution in [0.5, 0.6) is 0 Å². The molecule has 0 bridgehead atoms. The van der Waals surface area contributed by atoms with Crippen LogP contribution in [0.15, 0.2) is 12.2 Å². The van der Waals surface area contributed by atoms with E-state index in [4.69, 9.17) is 0 Å². The van der Waals surface area contributed by atoms with Gasteiger partial charge in [0.2, 0.25) is 5.91 Å². The minimum Gasteiger partial charge on any atom is -0.394 e. The van der Waals surface area contributed by atoms with Gasteiger partial charge >= 0.3 is 0 Å². The lowest BCUT2D eigenvalue weighted by molar-refractivity contribution is -0.123. The molecule has 0 spiro atoms. The zero-order chi connectivity index (χ0) is 31.5. The van der Waals surface area contributed by atoms with E-state index in [-0.39, 0.29) is 12.5 Å². The third-order valence-corrected chi connectivity index (χ3v) is 9.02. The Balaban J connectivity index is 3.53. The monoisotopic (exact) mass is 608 g/mol. The molecular formula is C39H77NO3. The molecule has 0 heterocycles. The number of hydrogen-bond acceptors (Lipinski definition) is 3. The fourth-order valence-electron chi connectivity index (χ4n) is 6.00. The topological polar surface area (TPSA) is 69.6 Å². The molecule has 0 aromatic heterocycles. The van der Waals surface area contributed by atoms with Crippen molar-refractivity contribution >= 4 is 5.91 Å². The Morgan fingerprint density at radius 3 is 1.21 bits per heavy atom. The van der Waals surface area contributed by atoms with Gasteiger partial charge in [-0.15, -0.1) is 0 Å². The van der Waals surface area contributed by atoms with Crippen LogP contribution >= 0.6 is 0 Å². The molecule has 2 unspecified atom stereocenters. The second-order valence-corrected chi connectivity index (χ2v) is 13.4. The molecule has 256 valence electrons. The predicted octanol–water partition coefficient (Wildman–Crippen LogP) is 11.5. The maximum atomic E-state index is 12.3. The average Bonchev–Trinajstić information content (AvgIpc) is 3.01. The number of aliphatic hydroxyl groups is 2. The number of carbonyl (C=O) groups excluding carboxylic acids is 1. The van der Waals surface area contributed by atoms with Crippen molar-refractivity contribution in [2.24, 2.45) is 0 Å².